The van der Waals surface area contributed by atoms with Crippen molar-refractivity contribution >= 4 is 23.4 Å². The Labute approximate surface area is 201 Å². The van der Waals surface area contributed by atoms with Crippen LogP contribution in [0.3, 0.4) is 0 Å². The molecule has 3 rings (SSSR count). The van der Waals surface area contributed by atoms with Gasteiger partial charge in [0.25, 0.3) is 0 Å². The molecule has 33 heavy (non-hydrogen) atoms. The van der Waals surface area contributed by atoms with Gasteiger partial charge in [0.15, 0.2) is 0 Å². The number of nitrogens with one attached hydrogen (secondary N) is 1. The molecule has 6 nitrogen and oxygen atoms in total. The molecule has 0 aliphatic heterocycles. The van der Waals surface area contributed by atoms with E-state index in [0.29, 0.717) is 11.8 Å². The van der Waals surface area contributed by atoms with Crippen LogP contribution in [0.1, 0.15) is 56.5 Å². The number of carbonyl (C=O) groups is 2. The van der Waals surface area contributed by atoms with Gasteiger partial charge in [0.05, 0.1) is 0 Å². The van der Waals surface area contributed by atoms with Crippen molar-refractivity contribution in [2.75, 3.05) is 19.6 Å². The molecule has 0 radical (unpaired) electrons. The molecule has 1 amide bonds. The zero-order chi connectivity index (χ0) is 23.8. The number of fused-ring (bicyclic) bond motifs is 1. The molecule has 0 saturated carbocycles. The van der Waals surface area contributed by atoms with Crippen LogP contribution in [0.5, 0.6) is 5.75 Å². The van der Waals surface area contributed by atoms with Gasteiger partial charge in [-0.25, -0.2) is 9.59 Å². The van der Waals surface area contributed by atoms with Gasteiger partial charge < -0.3 is 14.8 Å². The predicted octanol–water partition coefficient (Wildman–Crippen LogP) is 4.99. The number of benzene rings is 1. The van der Waals surface area contributed by atoms with E-state index in [0.717, 1.165) is 50.8 Å². The first kappa shape index (κ1) is 25.2. The first-order valence-corrected chi connectivity index (χ1v) is 12.7. The van der Waals surface area contributed by atoms with Crippen LogP contribution in [0.2, 0.25) is 0 Å². The van der Waals surface area contributed by atoms with Gasteiger partial charge >= 0.3 is 12.1 Å². The predicted molar refractivity (Wildman–Crippen MR) is 132 cm³/mol. The van der Waals surface area contributed by atoms with E-state index in [1.807, 2.05) is 23.5 Å². The van der Waals surface area contributed by atoms with Crippen LogP contribution in [-0.2, 0) is 28.8 Å². The Balaban J connectivity index is 1.58. The Morgan fingerprint density at radius 1 is 1.18 bits per heavy atom. The highest BCUT2D eigenvalue weighted by molar-refractivity contribution is 7.09. The summed E-state index contributed by atoms with van der Waals surface area (Å²) < 4.78 is 10.8. The number of thiophene rings is 1. The number of nitrogens with zero attached hydrogens (tertiary/aromatic N) is 1. The van der Waals surface area contributed by atoms with Gasteiger partial charge in [0.1, 0.15) is 17.9 Å². The highest BCUT2D eigenvalue weighted by atomic mass is 32.1. The lowest BCUT2D eigenvalue weighted by molar-refractivity contribution is -0.133. The molecule has 0 unspecified atom stereocenters. The summed E-state index contributed by atoms with van der Waals surface area (Å²) in [6.07, 6.45) is 4.47. The minimum Gasteiger partial charge on any atom is -0.444 e. The highest BCUT2D eigenvalue weighted by Gasteiger charge is 2.26. The van der Waals surface area contributed by atoms with Crippen LogP contribution in [0.15, 0.2) is 35.7 Å². The Bertz CT molecular complexity index is 921. The van der Waals surface area contributed by atoms with E-state index in [2.05, 4.69) is 40.7 Å². The number of carbonyl (C=O) groups excluding carboxylic acids is 2. The van der Waals surface area contributed by atoms with Gasteiger partial charge in [-0.3, -0.25) is 4.90 Å². The number of alkyl carbamates (subject to hydrolysis) is 1. The van der Waals surface area contributed by atoms with E-state index in [-0.39, 0.29) is 6.54 Å². The summed E-state index contributed by atoms with van der Waals surface area (Å²) in [7, 11) is 0. The fourth-order valence-corrected chi connectivity index (χ4v) is 4.95. The van der Waals surface area contributed by atoms with Crippen molar-refractivity contribution in [2.24, 2.45) is 0 Å². The van der Waals surface area contributed by atoms with E-state index < -0.39 is 17.7 Å². The van der Waals surface area contributed by atoms with Crippen LogP contribution in [0.25, 0.3) is 0 Å². The smallest absolute Gasteiger partial charge is 0.408 e. The summed E-state index contributed by atoms with van der Waals surface area (Å²) in [6.45, 7) is 9.50. The highest BCUT2D eigenvalue weighted by Crippen LogP contribution is 2.32. The maximum atomic E-state index is 12.3. The number of rotatable bonds is 9. The summed E-state index contributed by atoms with van der Waals surface area (Å²) in [5, 5.41) is 4.60. The molecule has 1 aliphatic carbocycles. The van der Waals surface area contributed by atoms with Crippen LogP contribution in [0, 0.1) is 0 Å². The average Bonchev–Trinajstić information content (AvgIpc) is 3.27. The topological polar surface area (TPSA) is 67.9 Å². The lowest BCUT2D eigenvalue weighted by atomic mass is 9.86. The first-order chi connectivity index (χ1) is 15.7. The summed E-state index contributed by atoms with van der Waals surface area (Å²) >= 11 is 1.82. The molecule has 0 saturated heterocycles. The molecule has 2 aromatic rings. The molecule has 1 heterocycles. The fraction of sp³-hybridized carbons (Fsp3) is 0.538. The second-order valence-electron chi connectivity index (χ2n) is 9.49. The molecular weight excluding hydrogens is 436 g/mol. The number of hydrogen-bond donors (Lipinski definition) is 1. The molecule has 1 aliphatic rings. The van der Waals surface area contributed by atoms with Crippen molar-refractivity contribution in [1.82, 2.24) is 10.2 Å². The lowest BCUT2D eigenvalue weighted by Gasteiger charge is -2.35. The minimum absolute atomic E-state index is 0.228. The van der Waals surface area contributed by atoms with Crippen molar-refractivity contribution in [3.05, 3.63) is 51.7 Å². The fourth-order valence-electron chi connectivity index (χ4n) is 4.25. The Kier molecular flexibility index (Phi) is 8.92. The number of esters is 1. The van der Waals surface area contributed by atoms with Crippen molar-refractivity contribution in [3.63, 3.8) is 0 Å². The number of amides is 1. The maximum absolute atomic E-state index is 12.3. The standard InChI is InChI=1S/C26H36N2O4S/c1-5-14-28(15-13-21-9-7-16-33-21)20-11-12-22-19(17-20)8-6-10-23(22)31-24(29)18-27-25(30)32-26(2,3)4/h6-10,16,20H,5,11-15,17-18H2,1-4H3,(H,27,30)/t20-/m0/s1. The molecular formula is C26H36N2O4S. The zero-order valence-corrected chi connectivity index (χ0v) is 21.0. The second-order valence-corrected chi connectivity index (χ2v) is 10.5. The van der Waals surface area contributed by atoms with E-state index in [1.54, 1.807) is 20.8 Å². The van der Waals surface area contributed by atoms with Crippen molar-refractivity contribution in [2.45, 2.75) is 71.4 Å². The van der Waals surface area contributed by atoms with Gasteiger partial charge in [0, 0.05) is 17.5 Å². The molecule has 1 atom stereocenters. The first-order valence-electron chi connectivity index (χ1n) is 11.8. The summed E-state index contributed by atoms with van der Waals surface area (Å²) in [5.41, 5.74) is 1.74. The van der Waals surface area contributed by atoms with Crippen molar-refractivity contribution in [1.29, 1.82) is 0 Å². The van der Waals surface area contributed by atoms with Crippen LogP contribution in [-0.4, -0.2) is 48.2 Å². The second kappa shape index (κ2) is 11.7. The molecule has 1 aromatic carbocycles. The average molecular weight is 473 g/mol. The van der Waals surface area contributed by atoms with Crippen LogP contribution in [0.4, 0.5) is 4.79 Å². The van der Waals surface area contributed by atoms with Gasteiger partial charge in [-0.15, -0.1) is 11.3 Å². The van der Waals surface area contributed by atoms with Crippen molar-refractivity contribution < 1.29 is 19.1 Å². The Morgan fingerprint density at radius 2 is 2.00 bits per heavy atom. The van der Waals surface area contributed by atoms with Gasteiger partial charge in [-0.05, 0) is 88.1 Å². The molecule has 180 valence electrons. The van der Waals surface area contributed by atoms with Crippen LogP contribution < -0.4 is 10.1 Å². The lowest BCUT2D eigenvalue weighted by Crippen LogP contribution is -2.41. The number of hydrogen-bond acceptors (Lipinski definition) is 6. The third-order valence-electron chi connectivity index (χ3n) is 5.67. The quantitative estimate of drug-likeness (QED) is 0.411. The van der Waals surface area contributed by atoms with Gasteiger partial charge in [0.2, 0.25) is 0 Å². The third-order valence-corrected chi connectivity index (χ3v) is 6.60. The molecule has 0 spiro atoms. The van der Waals surface area contributed by atoms with Gasteiger partial charge in [-0.2, -0.15) is 0 Å². The van der Waals surface area contributed by atoms with Gasteiger partial charge in [-0.1, -0.05) is 25.1 Å². The van der Waals surface area contributed by atoms with E-state index in [9.17, 15) is 9.59 Å². The Morgan fingerprint density at radius 3 is 2.70 bits per heavy atom. The van der Waals surface area contributed by atoms with Crippen LogP contribution >= 0.6 is 11.3 Å². The summed E-state index contributed by atoms with van der Waals surface area (Å²) in [4.78, 5) is 28.2. The number of ether oxygens (including phenoxy) is 2. The normalized spacial score (nSPS) is 15.7. The summed E-state index contributed by atoms with van der Waals surface area (Å²) in [5.74, 6) is 0.0995. The molecule has 1 N–H and O–H groups in total. The van der Waals surface area contributed by atoms with E-state index in [4.69, 9.17) is 9.47 Å². The van der Waals surface area contributed by atoms with E-state index >= 15 is 0 Å². The monoisotopic (exact) mass is 472 g/mol. The molecule has 7 heteroatoms. The SMILES string of the molecule is CCCN(CCc1cccs1)[C@H]1CCc2c(cccc2OC(=O)CNC(=O)OC(C)(C)C)C1. The minimum atomic E-state index is -0.629. The molecule has 1 aromatic heterocycles. The maximum Gasteiger partial charge on any atom is 0.408 e. The zero-order valence-electron chi connectivity index (χ0n) is 20.2. The third kappa shape index (κ3) is 7.86. The Hall–Kier alpha value is -2.38. The molecule has 0 fully saturated rings. The largest absolute Gasteiger partial charge is 0.444 e. The van der Waals surface area contributed by atoms with Crippen molar-refractivity contribution in [3.8, 4) is 5.75 Å². The summed E-state index contributed by atoms with van der Waals surface area (Å²) in [6, 6.07) is 10.8. The van der Waals surface area contributed by atoms with E-state index in [1.165, 1.54) is 10.4 Å². The molecule has 0 bridgehead atoms.